The van der Waals surface area contributed by atoms with Gasteiger partial charge in [-0.05, 0) is 18.6 Å². The predicted octanol–water partition coefficient (Wildman–Crippen LogP) is 2.30. The van der Waals surface area contributed by atoms with Crippen molar-refractivity contribution in [2.75, 3.05) is 17.3 Å². The van der Waals surface area contributed by atoms with Crippen LogP contribution in [0, 0.1) is 0 Å². The summed E-state index contributed by atoms with van der Waals surface area (Å²) in [6, 6.07) is 16.7. The Morgan fingerprint density at radius 3 is 2.38 bits per heavy atom. The van der Waals surface area contributed by atoms with Gasteiger partial charge in [0.15, 0.2) is 14.9 Å². The molecular weight excluding hydrogens is 470 g/mol. The van der Waals surface area contributed by atoms with Gasteiger partial charge in [0.1, 0.15) is 10.9 Å². The molecule has 32 heavy (non-hydrogen) atoms. The second-order valence-corrected chi connectivity index (χ2v) is 12.4. The number of nitrogens with one attached hydrogen (secondary N) is 2. The number of imidazole rings is 1. The highest BCUT2D eigenvalue weighted by Crippen LogP contribution is 2.32. The van der Waals surface area contributed by atoms with Crippen LogP contribution in [0.2, 0.25) is 0 Å². The van der Waals surface area contributed by atoms with Crippen LogP contribution in [-0.4, -0.2) is 56.0 Å². The Labute approximate surface area is 190 Å². The molecular formula is C21H21N3O5S3. The number of benzene rings is 2. The molecule has 1 aliphatic rings. The van der Waals surface area contributed by atoms with E-state index >= 15 is 0 Å². The minimum absolute atomic E-state index is 0.0599. The van der Waals surface area contributed by atoms with Crippen LogP contribution in [0.15, 0.2) is 75.6 Å². The summed E-state index contributed by atoms with van der Waals surface area (Å²) < 4.78 is 49.7. The number of carbonyl (C=O) groups is 1. The van der Waals surface area contributed by atoms with Gasteiger partial charge in [0.05, 0.1) is 22.2 Å². The van der Waals surface area contributed by atoms with Gasteiger partial charge in [-0.1, -0.05) is 60.3 Å². The van der Waals surface area contributed by atoms with E-state index in [1.165, 1.54) is 12.1 Å². The van der Waals surface area contributed by atoms with Gasteiger partial charge in [0, 0.05) is 11.6 Å². The van der Waals surface area contributed by atoms with Crippen molar-refractivity contribution < 1.29 is 21.6 Å². The molecule has 1 atom stereocenters. The molecule has 1 unspecified atom stereocenters. The average molecular weight is 492 g/mol. The van der Waals surface area contributed by atoms with Crippen LogP contribution in [0.5, 0.6) is 0 Å². The number of hydrogen-bond acceptors (Lipinski definition) is 7. The largest absolute Gasteiger partial charge is 0.352 e. The third-order valence-electron chi connectivity index (χ3n) is 4.95. The SMILES string of the molecule is O=C(CSc1nc(-c2ccccc2)[nH]c1S(=O)(=O)c1ccccc1)NC1CCS(=O)(=O)C1. The number of amides is 1. The lowest BCUT2D eigenvalue weighted by molar-refractivity contribution is -0.119. The molecule has 0 saturated carbocycles. The maximum Gasteiger partial charge on any atom is 0.230 e. The molecule has 0 bridgehead atoms. The summed E-state index contributed by atoms with van der Waals surface area (Å²) in [6.45, 7) is 0. The molecule has 0 radical (unpaired) electrons. The molecule has 1 aliphatic heterocycles. The number of rotatable bonds is 7. The van der Waals surface area contributed by atoms with Gasteiger partial charge in [-0.3, -0.25) is 4.79 Å². The van der Waals surface area contributed by atoms with Crippen LogP contribution in [-0.2, 0) is 24.5 Å². The summed E-state index contributed by atoms with van der Waals surface area (Å²) in [5, 5.41) is 2.81. The Morgan fingerprint density at radius 2 is 1.75 bits per heavy atom. The summed E-state index contributed by atoms with van der Waals surface area (Å²) in [6.07, 6.45) is 0.382. The van der Waals surface area contributed by atoms with E-state index in [1.54, 1.807) is 30.3 Å². The lowest BCUT2D eigenvalue weighted by atomic mass is 10.2. The number of nitrogens with zero attached hydrogens (tertiary/aromatic N) is 1. The van der Waals surface area contributed by atoms with E-state index in [9.17, 15) is 21.6 Å². The standard InChI is InChI=1S/C21H21N3O5S3/c25-18(22-16-11-12-31(26,27)14-16)13-30-20-21(32(28,29)17-9-5-2-6-10-17)24-19(23-20)15-7-3-1-4-8-15/h1-10,16H,11-14H2,(H,22,25)(H,23,24). The molecule has 1 saturated heterocycles. The van der Waals surface area contributed by atoms with Gasteiger partial charge in [-0.25, -0.2) is 21.8 Å². The number of aromatic nitrogens is 2. The van der Waals surface area contributed by atoms with Crippen molar-refractivity contribution >= 4 is 37.3 Å². The fraction of sp³-hybridized carbons (Fsp3) is 0.238. The number of carbonyl (C=O) groups excluding carboxylic acids is 1. The van der Waals surface area contributed by atoms with Gasteiger partial charge in [-0.2, -0.15) is 0 Å². The molecule has 168 valence electrons. The van der Waals surface area contributed by atoms with E-state index in [0.29, 0.717) is 17.8 Å². The van der Waals surface area contributed by atoms with E-state index < -0.39 is 25.7 Å². The first-order valence-electron chi connectivity index (χ1n) is 9.83. The Bertz CT molecular complexity index is 1320. The summed E-state index contributed by atoms with van der Waals surface area (Å²) >= 11 is 0.992. The lowest BCUT2D eigenvalue weighted by Gasteiger charge is -2.10. The lowest BCUT2D eigenvalue weighted by Crippen LogP contribution is -2.36. The molecule has 1 fully saturated rings. The third-order valence-corrected chi connectivity index (χ3v) is 9.54. The number of aromatic amines is 1. The molecule has 11 heteroatoms. The molecule has 8 nitrogen and oxygen atoms in total. The van der Waals surface area contributed by atoms with Crippen LogP contribution in [0.1, 0.15) is 6.42 Å². The fourth-order valence-corrected chi connectivity index (χ4v) is 7.51. The summed E-state index contributed by atoms with van der Waals surface area (Å²) in [4.78, 5) is 19.9. The second-order valence-electron chi connectivity index (χ2n) is 7.36. The van der Waals surface area contributed by atoms with Crippen molar-refractivity contribution in [2.24, 2.45) is 0 Å². The Balaban J connectivity index is 1.59. The number of sulfone groups is 2. The Kier molecular flexibility index (Phi) is 6.40. The molecule has 2 aromatic carbocycles. The summed E-state index contributed by atoms with van der Waals surface area (Å²) in [5.41, 5.74) is 0.712. The van der Waals surface area contributed by atoms with Crippen molar-refractivity contribution in [1.82, 2.24) is 15.3 Å². The van der Waals surface area contributed by atoms with Crippen LogP contribution in [0.4, 0.5) is 0 Å². The summed E-state index contributed by atoms with van der Waals surface area (Å²) in [5.74, 6) is -0.0936. The third kappa shape index (κ3) is 5.05. The highest BCUT2D eigenvalue weighted by atomic mass is 32.2. The normalized spacial score (nSPS) is 17.8. The molecule has 0 aliphatic carbocycles. The first-order chi connectivity index (χ1) is 15.2. The van der Waals surface area contributed by atoms with Crippen LogP contribution in [0.25, 0.3) is 11.4 Å². The molecule has 3 aromatic rings. The maximum atomic E-state index is 13.2. The fourth-order valence-electron chi connectivity index (χ4n) is 3.38. The molecule has 1 amide bonds. The van der Waals surface area contributed by atoms with E-state index in [-0.39, 0.29) is 38.1 Å². The van der Waals surface area contributed by atoms with Crippen molar-refractivity contribution in [1.29, 1.82) is 0 Å². The van der Waals surface area contributed by atoms with Gasteiger partial charge in [-0.15, -0.1) is 0 Å². The smallest absolute Gasteiger partial charge is 0.230 e. The van der Waals surface area contributed by atoms with Crippen molar-refractivity contribution in [3.63, 3.8) is 0 Å². The number of thioether (sulfide) groups is 1. The highest BCUT2D eigenvalue weighted by molar-refractivity contribution is 8.00. The van der Waals surface area contributed by atoms with E-state index in [4.69, 9.17) is 0 Å². The van der Waals surface area contributed by atoms with Crippen molar-refractivity contribution in [3.8, 4) is 11.4 Å². The second kappa shape index (κ2) is 9.08. The molecule has 4 rings (SSSR count). The van der Waals surface area contributed by atoms with Crippen molar-refractivity contribution in [3.05, 3.63) is 60.7 Å². The van der Waals surface area contributed by atoms with Crippen molar-refractivity contribution in [2.45, 2.75) is 27.4 Å². The van der Waals surface area contributed by atoms with E-state index in [1.807, 2.05) is 18.2 Å². The monoisotopic (exact) mass is 491 g/mol. The molecule has 0 spiro atoms. The zero-order valence-corrected chi connectivity index (χ0v) is 19.3. The molecule has 2 heterocycles. The number of hydrogen-bond donors (Lipinski definition) is 2. The van der Waals surface area contributed by atoms with Crippen LogP contribution < -0.4 is 5.32 Å². The predicted molar refractivity (Wildman–Crippen MR) is 122 cm³/mol. The Hall–Kier alpha value is -2.63. The minimum atomic E-state index is -3.89. The van der Waals surface area contributed by atoms with E-state index in [0.717, 1.165) is 11.8 Å². The zero-order valence-electron chi connectivity index (χ0n) is 16.9. The molecule has 1 aromatic heterocycles. The molecule has 2 N–H and O–H groups in total. The average Bonchev–Trinajstić information content (AvgIpc) is 3.37. The van der Waals surface area contributed by atoms with Gasteiger partial charge >= 0.3 is 0 Å². The van der Waals surface area contributed by atoms with Gasteiger partial charge in [0.2, 0.25) is 15.7 Å². The maximum absolute atomic E-state index is 13.2. The number of H-pyrrole nitrogens is 1. The Morgan fingerprint density at radius 1 is 1.09 bits per heavy atom. The van der Waals surface area contributed by atoms with Gasteiger partial charge < -0.3 is 10.3 Å². The first-order valence-corrected chi connectivity index (χ1v) is 14.1. The highest BCUT2D eigenvalue weighted by Gasteiger charge is 2.30. The minimum Gasteiger partial charge on any atom is -0.352 e. The van der Waals surface area contributed by atoms with Gasteiger partial charge in [0.25, 0.3) is 0 Å². The summed E-state index contributed by atoms with van der Waals surface area (Å²) in [7, 11) is -7.00. The zero-order chi connectivity index (χ0) is 22.8. The quantitative estimate of drug-likeness (QED) is 0.486. The van der Waals surface area contributed by atoms with E-state index in [2.05, 4.69) is 15.3 Å². The van der Waals surface area contributed by atoms with Crippen LogP contribution >= 0.6 is 11.8 Å². The first kappa shape index (κ1) is 22.6. The van der Waals surface area contributed by atoms with Crippen LogP contribution in [0.3, 0.4) is 0 Å². The topological polar surface area (TPSA) is 126 Å².